The van der Waals surface area contributed by atoms with Crippen molar-refractivity contribution in [2.24, 2.45) is 11.8 Å². The van der Waals surface area contributed by atoms with Crippen LogP contribution in [0.25, 0.3) is 0 Å². The Bertz CT molecular complexity index is 427. The van der Waals surface area contributed by atoms with Gasteiger partial charge in [-0.3, -0.25) is 4.79 Å². The topological polar surface area (TPSA) is 37.3 Å². The van der Waals surface area contributed by atoms with Crippen LogP contribution in [0.15, 0.2) is 22.7 Å². The van der Waals surface area contributed by atoms with Gasteiger partial charge in [-0.25, -0.2) is 0 Å². The highest BCUT2D eigenvalue weighted by atomic mass is 79.9. The number of fused-ring (bicyclic) bond motifs is 3. The number of hydrogen-bond donors (Lipinski definition) is 1. The molecular weight excluding hydrogens is 244 g/mol. The van der Waals surface area contributed by atoms with Crippen LogP contribution in [0.5, 0.6) is 0 Å². The number of halogens is 1. The molecule has 1 N–H and O–H groups in total. The minimum absolute atomic E-state index is 0.108. The number of rotatable bonds is 1. The van der Waals surface area contributed by atoms with Crippen LogP contribution in [0.3, 0.4) is 0 Å². The maximum absolute atomic E-state index is 10.8. The first-order valence-corrected chi connectivity index (χ1v) is 5.49. The Morgan fingerprint density at radius 3 is 3.00 bits per heavy atom. The third-order valence-corrected chi connectivity index (χ3v) is 3.87. The molecule has 1 saturated carbocycles. The van der Waals surface area contributed by atoms with Crippen molar-refractivity contribution >= 4 is 21.9 Å². The zero-order valence-corrected chi connectivity index (χ0v) is 8.99. The summed E-state index contributed by atoms with van der Waals surface area (Å²) in [6.45, 7) is 0. The molecule has 0 saturated heterocycles. The van der Waals surface area contributed by atoms with Crippen molar-refractivity contribution < 1.29 is 9.90 Å². The van der Waals surface area contributed by atoms with Crippen LogP contribution in [0.2, 0.25) is 0 Å². The molecule has 2 aliphatic rings. The lowest BCUT2D eigenvalue weighted by molar-refractivity contribution is -0.139. The van der Waals surface area contributed by atoms with Gasteiger partial charge in [0.2, 0.25) is 0 Å². The van der Waals surface area contributed by atoms with Crippen molar-refractivity contribution in [1.29, 1.82) is 0 Å². The van der Waals surface area contributed by atoms with Crippen molar-refractivity contribution in [3.63, 3.8) is 0 Å². The van der Waals surface area contributed by atoms with E-state index in [2.05, 4.69) is 28.1 Å². The molecule has 0 aromatic heterocycles. The van der Waals surface area contributed by atoms with Crippen molar-refractivity contribution in [3.8, 4) is 0 Å². The summed E-state index contributed by atoms with van der Waals surface area (Å²) in [6, 6.07) is 6.17. The summed E-state index contributed by atoms with van der Waals surface area (Å²) in [7, 11) is 0. The summed E-state index contributed by atoms with van der Waals surface area (Å²) < 4.78 is 1.09. The quantitative estimate of drug-likeness (QED) is 0.834. The van der Waals surface area contributed by atoms with E-state index in [1.54, 1.807) is 0 Å². The van der Waals surface area contributed by atoms with Crippen LogP contribution in [0.4, 0.5) is 0 Å². The highest BCUT2D eigenvalue weighted by Crippen LogP contribution is 2.61. The van der Waals surface area contributed by atoms with E-state index in [1.807, 2.05) is 6.07 Å². The van der Waals surface area contributed by atoms with E-state index in [-0.39, 0.29) is 5.92 Å². The maximum Gasteiger partial charge on any atom is 0.307 e. The van der Waals surface area contributed by atoms with Crippen LogP contribution in [0.1, 0.15) is 17.0 Å². The second kappa shape index (κ2) is 2.60. The number of benzene rings is 1. The number of carboxylic acids is 1. The molecule has 0 unspecified atom stereocenters. The second-order valence-corrected chi connectivity index (χ2v) is 5.02. The molecule has 2 nitrogen and oxygen atoms in total. The summed E-state index contributed by atoms with van der Waals surface area (Å²) >= 11 is 3.43. The Morgan fingerprint density at radius 2 is 2.29 bits per heavy atom. The first-order chi connectivity index (χ1) is 6.68. The molecule has 14 heavy (non-hydrogen) atoms. The van der Waals surface area contributed by atoms with E-state index < -0.39 is 5.97 Å². The van der Waals surface area contributed by atoms with Gasteiger partial charge in [0.15, 0.2) is 0 Å². The van der Waals surface area contributed by atoms with Crippen LogP contribution in [-0.2, 0) is 11.2 Å². The Balaban J connectivity index is 1.99. The van der Waals surface area contributed by atoms with E-state index in [0.29, 0.717) is 11.8 Å². The first-order valence-electron chi connectivity index (χ1n) is 4.69. The Morgan fingerprint density at radius 1 is 1.50 bits per heavy atom. The molecular formula is C11H9BrO2. The molecule has 0 amide bonds. The molecule has 0 spiro atoms. The molecule has 1 fully saturated rings. The lowest BCUT2D eigenvalue weighted by atomic mass is 10.0. The molecule has 0 radical (unpaired) electrons. The number of carbonyl (C=O) groups is 1. The van der Waals surface area contributed by atoms with Gasteiger partial charge in [-0.15, -0.1) is 0 Å². The summed E-state index contributed by atoms with van der Waals surface area (Å²) in [5.41, 5.74) is 2.58. The summed E-state index contributed by atoms with van der Waals surface area (Å²) in [5.74, 6) is -0.0651. The molecule has 0 heterocycles. The van der Waals surface area contributed by atoms with Crippen LogP contribution >= 0.6 is 15.9 Å². The minimum atomic E-state index is -0.631. The fourth-order valence-corrected chi connectivity index (χ4v) is 3.13. The predicted molar refractivity (Wildman–Crippen MR) is 55.2 cm³/mol. The van der Waals surface area contributed by atoms with Gasteiger partial charge in [-0.1, -0.05) is 22.0 Å². The average molecular weight is 253 g/mol. The van der Waals surface area contributed by atoms with E-state index in [1.165, 1.54) is 11.1 Å². The van der Waals surface area contributed by atoms with Crippen molar-refractivity contribution in [2.45, 2.75) is 12.3 Å². The second-order valence-electron chi connectivity index (χ2n) is 4.10. The fraction of sp³-hybridized carbons (Fsp3) is 0.364. The molecule has 3 rings (SSSR count). The summed E-state index contributed by atoms with van der Waals surface area (Å²) in [4.78, 5) is 10.8. The zero-order valence-electron chi connectivity index (χ0n) is 7.40. The van der Waals surface area contributed by atoms with Gasteiger partial charge in [0.05, 0.1) is 5.92 Å². The van der Waals surface area contributed by atoms with E-state index in [9.17, 15) is 4.79 Å². The summed E-state index contributed by atoms with van der Waals surface area (Å²) in [6.07, 6.45) is 0.941. The highest BCUT2D eigenvalue weighted by molar-refractivity contribution is 9.10. The molecule has 2 aliphatic carbocycles. The van der Waals surface area contributed by atoms with Crippen LogP contribution in [0, 0.1) is 11.8 Å². The van der Waals surface area contributed by atoms with Crippen LogP contribution < -0.4 is 0 Å². The van der Waals surface area contributed by atoms with Crippen molar-refractivity contribution in [1.82, 2.24) is 0 Å². The average Bonchev–Trinajstić information content (AvgIpc) is 2.70. The van der Waals surface area contributed by atoms with Crippen LogP contribution in [-0.4, -0.2) is 11.1 Å². The van der Waals surface area contributed by atoms with E-state index in [0.717, 1.165) is 10.9 Å². The molecule has 3 heteroatoms. The smallest absolute Gasteiger partial charge is 0.307 e. The van der Waals surface area contributed by atoms with Gasteiger partial charge < -0.3 is 5.11 Å². The van der Waals surface area contributed by atoms with Gasteiger partial charge in [0.1, 0.15) is 0 Å². The minimum Gasteiger partial charge on any atom is -0.481 e. The fourth-order valence-electron chi connectivity index (χ4n) is 2.72. The Hall–Kier alpha value is -0.830. The predicted octanol–water partition coefficient (Wildman–Crippen LogP) is 2.42. The largest absolute Gasteiger partial charge is 0.481 e. The SMILES string of the molecule is O=C(O)[C@@H]1[C@H]2Cc3cc(Br)ccc3[C@@H]21. The van der Waals surface area contributed by atoms with Gasteiger partial charge in [0.25, 0.3) is 0 Å². The number of hydrogen-bond acceptors (Lipinski definition) is 1. The monoisotopic (exact) mass is 252 g/mol. The summed E-state index contributed by atoms with van der Waals surface area (Å²) in [5, 5.41) is 8.93. The standard InChI is InChI=1S/C11H9BrO2/c12-6-1-2-7-5(3-6)4-8-9(7)10(8)11(13)14/h1-3,8-10H,4H2,(H,13,14)/t8-,9-,10+/m0/s1. The van der Waals surface area contributed by atoms with Gasteiger partial charge >= 0.3 is 5.97 Å². The van der Waals surface area contributed by atoms with E-state index >= 15 is 0 Å². The third-order valence-electron chi connectivity index (χ3n) is 3.37. The van der Waals surface area contributed by atoms with Gasteiger partial charge in [0, 0.05) is 10.4 Å². The number of carboxylic acid groups (broad SMARTS) is 1. The number of aliphatic carboxylic acids is 1. The third kappa shape index (κ3) is 0.989. The zero-order chi connectivity index (χ0) is 9.87. The maximum atomic E-state index is 10.8. The van der Waals surface area contributed by atoms with Crippen molar-refractivity contribution in [2.75, 3.05) is 0 Å². The first kappa shape index (κ1) is 8.48. The van der Waals surface area contributed by atoms with E-state index in [4.69, 9.17) is 5.11 Å². The lowest BCUT2D eigenvalue weighted by Gasteiger charge is -2.04. The molecule has 0 aliphatic heterocycles. The molecule has 3 atom stereocenters. The Kier molecular flexibility index (Phi) is 1.57. The molecule has 72 valence electrons. The molecule has 1 aromatic carbocycles. The van der Waals surface area contributed by atoms with Gasteiger partial charge in [-0.05, 0) is 35.6 Å². The highest BCUT2D eigenvalue weighted by Gasteiger charge is 2.59. The van der Waals surface area contributed by atoms with Gasteiger partial charge in [-0.2, -0.15) is 0 Å². The molecule has 1 aromatic rings. The molecule has 0 bridgehead atoms. The normalized spacial score (nSPS) is 32.2. The Labute approximate surface area is 90.1 Å². The van der Waals surface area contributed by atoms with Crippen molar-refractivity contribution in [3.05, 3.63) is 33.8 Å². The lowest BCUT2D eigenvalue weighted by Crippen LogP contribution is -2.04.